The molecule has 1 aromatic carbocycles. The zero-order valence-corrected chi connectivity index (χ0v) is 25.8. The summed E-state index contributed by atoms with van der Waals surface area (Å²) in [5.41, 5.74) is 1.65. The number of amidine groups is 1. The SMILES string of the molecule is C=CC.C=CC=O.CO.COC.Clc1cccc(Cl)c1.O=CC1=C(CN2CCOCC2)NC(c2nccs2)=NC1. The van der Waals surface area contributed by atoms with E-state index in [1.807, 2.05) is 18.4 Å². The standard InChI is InChI=1S/C13H16N4O2S.C6H4Cl2.C3H4O.C3H6.C2H6O.CH4O/c18-9-10-7-15-12(13-14-1-6-20-13)16-11(10)8-17-2-4-19-5-3-17;7-5-2-1-3-6(8)4-5;1-2-3-4;2*1-3-2;1-2/h1,6,9H,2-5,7-8H2,(H,15,16);1-4H;2-3H,1H2;3H,1H2,2H3;1-2H3;2H,1H3. The Kier molecular flexibility index (Phi) is 27.5. The fraction of sp³-hybridized carbons (Fsp3) is 0.357. The van der Waals surface area contributed by atoms with Crippen LogP contribution in [0.1, 0.15) is 11.9 Å². The maximum Gasteiger partial charge on any atom is 0.162 e. The molecule has 2 N–H and O–H groups in total. The lowest BCUT2D eigenvalue weighted by Crippen LogP contribution is -2.42. The van der Waals surface area contributed by atoms with E-state index in [1.165, 1.54) is 17.4 Å². The smallest absolute Gasteiger partial charge is 0.162 e. The van der Waals surface area contributed by atoms with E-state index >= 15 is 0 Å². The number of aldehydes is 2. The number of carbonyl (C=O) groups is 2. The van der Waals surface area contributed by atoms with Gasteiger partial charge in [0.2, 0.25) is 0 Å². The second-order valence-electron chi connectivity index (χ2n) is 7.27. The van der Waals surface area contributed by atoms with Crippen LogP contribution in [0, 0.1) is 0 Å². The lowest BCUT2D eigenvalue weighted by molar-refractivity contribution is -0.105. The Labute approximate surface area is 251 Å². The highest BCUT2D eigenvalue weighted by Crippen LogP contribution is 2.15. The molecule has 12 heteroatoms. The molecule has 1 saturated heterocycles. The molecule has 0 bridgehead atoms. The van der Waals surface area contributed by atoms with Gasteiger partial charge >= 0.3 is 0 Å². The maximum absolute atomic E-state index is 11.2. The molecule has 2 aliphatic heterocycles. The highest BCUT2D eigenvalue weighted by molar-refractivity contribution is 7.11. The number of benzene rings is 1. The third kappa shape index (κ3) is 19.4. The van der Waals surface area contributed by atoms with Crippen molar-refractivity contribution < 1.29 is 24.2 Å². The number of thiazole rings is 1. The molecule has 3 heterocycles. The number of aliphatic hydroxyl groups excluding tert-OH is 1. The molecule has 222 valence electrons. The van der Waals surface area contributed by atoms with Crippen LogP contribution in [0.5, 0.6) is 0 Å². The van der Waals surface area contributed by atoms with Gasteiger partial charge in [-0.1, -0.05) is 41.9 Å². The number of morpholine rings is 1. The molecule has 40 heavy (non-hydrogen) atoms. The Bertz CT molecular complexity index is 989. The number of nitrogens with zero attached hydrogens (tertiary/aromatic N) is 3. The zero-order chi connectivity index (χ0) is 30.6. The predicted octanol–water partition coefficient (Wildman–Crippen LogP) is 4.71. The number of aliphatic imine (C=N–C) groups is 1. The van der Waals surface area contributed by atoms with Gasteiger partial charge in [0.05, 0.1) is 19.8 Å². The Morgan fingerprint density at radius 2 is 1.73 bits per heavy atom. The van der Waals surface area contributed by atoms with Crippen molar-refractivity contribution in [2.75, 3.05) is 60.7 Å². The average molecular weight is 616 g/mol. The van der Waals surface area contributed by atoms with Crippen LogP contribution in [0.25, 0.3) is 0 Å². The molecule has 9 nitrogen and oxygen atoms in total. The van der Waals surface area contributed by atoms with E-state index < -0.39 is 0 Å². The van der Waals surface area contributed by atoms with Crippen molar-refractivity contribution in [3.63, 3.8) is 0 Å². The van der Waals surface area contributed by atoms with Gasteiger partial charge in [-0.15, -0.1) is 17.9 Å². The maximum atomic E-state index is 11.2. The highest BCUT2D eigenvalue weighted by atomic mass is 35.5. The van der Waals surface area contributed by atoms with E-state index in [2.05, 4.69) is 38.1 Å². The summed E-state index contributed by atoms with van der Waals surface area (Å²) in [6.45, 7) is 12.8. The first-order chi connectivity index (χ1) is 19.4. The van der Waals surface area contributed by atoms with Crippen LogP contribution in [0.15, 0.2) is 77.4 Å². The molecule has 0 aliphatic carbocycles. The Balaban J connectivity index is 0. The summed E-state index contributed by atoms with van der Waals surface area (Å²) in [7, 11) is 4.25. The summed E-state index contributed by atoms with van der Waals surface area (Å²) in [6, 6.07) is 7.08. The number of halogens is 2. The summed E-state index contributed by atoms with van der Waals surface area (Å²) in [6.07, 6.45) is 6.23. The number of rotatable bonds is 5. The number of nitrogens with one attached hydrogen (secondary N) is 1. The first-order valence-corrected chi connectivity index (χ1v) is 13.6. The van der Waals surface area contributed by atoms with Gasteiger partial charge < -0.3 is 19.9 Å². The molecule has 1 fully saturated rings. The van der Waals surface area contributed by atoms with E-state index in [1.54, 1.807) is 44.7 Å². The van der Waals surface area contributed by atoms with E-state index in [4.69, 9.17) is 37.8 Å². The Morgan fingerprint density at radius 1 is 1.18 bits per heavy atom. The monoisotopic (exact) mass is 614 g/mol. The van der Waals surface area contributed by atoms with Crippen molar-refractivity contribution in [1.82, 2.24) is 15.2 Å². The van der Waals surface area contributed by atoms with Crippen molar-refractivity contribution in [2.45, 2.75) is 6.92 Å². The molecule has 0 saturated carbocycles. The van der Waals surface area contributed by atoms with Crippen LogP contribution in [0.4, 0.5) is 0 Å². The van der Waals surface area contributed by atoms with Gasteiger partial charge in [-0.25, -0.2) is 4.98 Å². The van der Waals surface area contributed by atoms with Crippen molar-refractivity contribution in [2.24, 2.45) is 4.99 Å². The van der Waals surface area contributed by atoms with Gasteiger partial charge in [0.25, 0.3) is 0 Å². The van der Waals surface area contributed by atoms with Gasteiger partial charge in [-0.05, 0) is 31.2 Å². The molecule has 2 aromatic rings. The van der Waals surface area contributed by atoms with Crippen LogP contribution in [-0.4, -0.2) is 94.1 Å². The van der Waals surface area contributed by atoms with Crippen LogP contribution in [0.2, 0.25) is 10.0 Å². The van der Waals surface area contributed by atoms with E-state index in [0.717, 1.165) is 68.4 Å². The molecule has 0 spiro atoms. The number of methoxy groups -OCH3 is 1. The number of hydrogen-bond acceptors (Lipinski definition) is 10. The summed E-state index contributed by atoms with van der Waals surface area (Å²) in [5, 5.41) is 14.4. The van der Waals surface area contributed by atoms with Gasteiger partial charge in [0.1, 0.15) is 12.6 Å². The lowest BCUT2D eigenvalue weighted by Gasteiger charge is -2.29. The molecule has 0 amide bonds. The number of hydrogen-bond donors (Lipinski definition) is 2. The molecule has 0 atom stereocenters. The summed E-state index contributed by atoms with van der Waals surface area (Å²) < 4.78 is 9.59. The number of aliphatic hydroxyl groups is 1. The predicted molar refractivity (Wildman–Crippen MR) is 167 cm³/mol. The molecule has 0 radical (unpaired) electrons. The second-order valence-corrected chi connectivity index (χ2v) is 9.03. The Morgan fingerprint density at radius 3 is 2.12 bits per heavy atom. The summed E-state index contributed by atoms with van der Waals surface area (Å²) in [4.78, 5) is 31.2. The van der Waals surface area contributed by atoms with Crippen LogP contribution in [0.3, 0.4) is 0 Å². The van der Waals surface area contributed by atoms with Crippen molar-refractivity contribution >= 4 is 52.9 Å². The first kappa shape index (κ1) is 39.4. The second kappa shape index (κ2) is 27.9. The van der Waals surface area contributed by atoms with Gasteiger partial charge in [0, 0.05) is 73.9 Å². The van der Waals surface area contributed by atoms with E-state index in [-0.39, 0.29) is 0 Å². The summed E-state index contributed by atoms with van der Waals surface area (Å²) >= 11 is 12.7. The molecule has 2 aliphatic rings. The van der Waals surface area contributed by atoms with Crippen LogP contribution >= 0.6 is 34.5 Å². The molecule has 4 rings (SSSR count). The molecule has 0 unspecified atom stereocenters. The van der Waals surface area contributed by atoms with Gasteiger partial charge in [-0.3, -0.25) is 19.5 Å². The highest BCUT2D eigenvalue weighted by Gasteiger charge is 2.20. The van der Waals surface area contributed by atoms with Crippen molar-refractivity contribution in [1.29, 1.82) is 0 Å². The van der Waals surface area contributed by atoms with E-state index in [9.17, 15) is 4.79 Å². The lowest BCUT2D eigenvalue weighted by atomic mass is 10.1. The minimum absolute atomic E-state index is 0.422. The third-order valence-electron chi connectivity index (χ3n) is 4.21. The van der Waals surface area contributed by atoms with Gasteiger partial charge in [-0.2, -0.15) is 0 Å². The molecular formula is C28H40Cl2N4O5S. The topological polar surface area (TPSA) is 113 Å². The van der Waals surface area contributed by atoms with Crippen LogP contribution < -0.4 is 5.32 Å². The van der Waals surface area contributed by atoms with E-state index in [0.29, 0.717) is 22.9 Å². The number of aromatic nitrogens is 1. The third-order valence-corrected chi connectivity index (χ3v) is 5.46. The Hall–Kier alpha value is -2.70. The fourth-order valence-electron chi connectivity index (χ4n) is 2.68. The molecule has 1 aromatic heterocycles. The first-order valence-electron chi connectivity index (χ1n) is 12.0. The average Bonchev–Trinajstić information content (AvgIpc) is 3.51. The van der Waals surface area contributed by atoms with Crippen molar-refractivity contribution in [3.8, 4) is 0 Å². The van der Waals surface area contributed by atoms with Gasteiger partial charge in [0.15, 0.2) is 10.8 Å². The minimum atomic E-state index is 0.422. The largest absolute Gasteiger partial charge is 0.400 e. The van der Waals surface area contributed by atoms with Crippen molar-refractivity contribution in [3.05, 3.63) is 87.5 Å². The molecular weight excluding hydrogens is 575 g/mol. The quantitative estimate of drug-likeness (QED) is 0.283. The zero-order valence-electron chi connectivity index (χ0n) is 23.5. The minimum Gasteiger partial charge on any atom is -0.400 e. The summed E-state index contributed by atoms with van der Waals surface area (Å²) in [5.74, 6) is 0.758. The van der Waals surface area contributed by atoms with Crippen LogP contribution in [-0.2, 0) is 19.1 Å². The number of ether oxygens (including phenoxy) is 2. The number of allylic oxidation sites excluding steroid dienone is 2. The normalized spacial score (nSPS) is 13.5. The number of carbonyl (C=O) groups excluding carboxylic acids is 2. The fourth-order valence-corrected chi connectivity index (χ4v) is 3.71.